The predicted molar refractivity (Wildman–Crippen MR) is 59.1 cm³/mol. The molecule has 0 spiro atoms. The summed E-state index contributed by atoms with van der Waals surface area (Å²) in [6.45, 7) is 8.63. The zero-order valence-electron chi connectivity index (χ0n) is 7.44. The fourth-order valence-corrected chi connectivity index (χ4v) is 3.62. The Morgan fingerprint density at radius 1 is 1.55 bits per heavy atom. The topological polar surface area (TPSA) is 0 Å². The number of rotatable bonds is 2. The Morgan fingerprint density at radius 2 is 2.18 bits per heavy atom. The van der Waals surface area contributed by atoms with E-state index in [1.807, 2.05) is 0 Å². The highest BCUT2D eigenvalue weighted by molar-refractivity contribution is 14.1. The molecule has 0 amide bonds. The van der Waals surface area contributed by atoms with Gasteiger partial charge in [-0.25, -0.2) is 0 Å². The van der Waals surface area contributed by atoms with E-state index in [0.29, 0.717) is 0 Å². The minimum Gasteiger partial charge on any atom is -0.0998 e. The third kappa shape index (κ3) is 1.98. The highest BCUT2D eigenvalue weighted by atomic mass is 127. The third-order valence-electron chi connectivity index (χ3n) is 2.99. The van der Waals surface area contributed by atoms with Gasteiger partial charge in [-0.3, -0.25) is 0 Å². The number of halogens is 1. The molecule has 0 saturated heterocycles. The van der Waals surface area contributed by atoms with Crippen molar-refractivity contribution in [3.63, 3.8) is 0 Å². The van der Waals surface area contributed by atoms with Crippen molar-refractivity contribution in [2.75, 3.05) is 4.43 Å². The summed E-state index contributed by atoms with van der Waals surface area (Å²) >= 11 is 2.51. The lowest BCUT2D eigenvalue weighted by Crippen LogP contribution is -2.14. The Bertz CT molecular complexity index is 151. The molecule has 1 aliphatic carbocycles. The number of hydrogen-bond donors (Lipinski definition) is 0. The van der Waals surface area contributed by atoms with Crippen molar-refractivity contribution in [2.24, 2.45) is 17.8 Å². The normalized spacial score (nSPS) is 37.5. The Morgan fingerprint density at radius 3 is 2.55 bits per heavy atom. The molecule has 0 bridgehead atoms. The van der Waals surface area contributed by atoms with Gasteiger partial charge in [-0.05, 0) is 37.5 Å². The van der Waals surface area contributed by atoms with Gasteiger partial charge in [0.1, 0.15) is 0 Å². The monoisotopic (exact) mass is 264 g/mol. The third-order valence-corrected chi connectivity index (χ3v) is 4.01. The zero-order valence-corrected chi connectivity index (χ0v) is 9.60. The first-order valence-electron chi connectivity index (χ1n) is 4.38. The van der Waals surface area contributed by atoms with Crippen molar-refractivity contribution < 1.29 is 0 Å². The summed E-state index contributed by atoms with van der Waals surface area (Å²) in [5.41, 5.74) is 1.40. The lowest BCUT2D eigenvalue weighted by molar-refractivity contribution is 0.408. The summed E-state index contributed by atoms with van der Waals surface area (Å²) in [5, 5.41) is 0. The second-order valence-corrected chi connectivity index (χ2v) is 4.71. The molecule has 1 fully saturated rings. The first-order valence-corrected chi connectivity index (χ1v) is 5.90. The van der Waals surface area contributed by atoms with E-state index in [-0.39, 0.29) is 0 Å². The Balaban J connectivity index is 2.61. The van der Waals surface area contributed by atoms with Gasteiger partial charge in [-0.1, -0.05) is 41.7 Å². The van der Waals surface area contributed by atoms with Crippen LogP contribution in [0.25, 0.3) is 0 Å². The van der Waals surface area contributed by atoms with Crippen LogP contribution in [0.4, 0.5) is 0 Å². The van der Waals surface area contributed by atoms with Crippen molar-refractivity contribution in [3.05, 3.63) is 12.2 Å². The second kappa shape index (κ2) is 3.92. The van der Waals surface area contributed by atoms with Crippen molar-refractivity contribution in [3.8, 4) is 0 Å². The molecule has 1 aliphatic rings. The van der Waals surface area contributed by atoms with Gasteiger partial charge in [-0.2, -0.15) is 0 Å². The molecule has 1 rings (SSSR count). The minimum atomic E-state index is 0.821. The molecule has 0 aromatic rings. The highest BCUT2D eigenvalue weighted by Gasteiger charge is 2.32. The van der Waals surface area contributed by atoms with Gasteiger partial charge in [0.2, 0.25) is 0 Å². The molecule has 0 aromatic carbocycles. The van der Waals surface area contributed by atoms with E-state index in [1.54, 1.807) is 0 Å². The number of allylic oxidation sites excluding steroid dienone is 1. The summed E-state index contributed by atoms with van der Waals surface area (Å²) in [6.07, 6.45) is 2.79. The molecule has 1 saturated carbocycles. The Kier molecular flexibility index (Phi) is 3.41. The van der Waals surface area contributed by atoms with Gasteiger partial charge >= 0.3 is 0 Å². The van der Waals surface area contributed by atoms with E-state index < -0.39 is 0 Å². The Hall–Kier alpha value is 0.470. The lowest BCUT2D eigenvalue weighted by Gasteiger charge is -2.20. The van der Waals surface area contributed by atoms with Crippen molar-refractivity contribution in [2.45, 2.75) is 26.7 Å². The van der Waals surface area contributed by atoms with E-state index in [9.17, 15) is 0 Å². The summed E-state index contributed by atoms with van der Waals surface area (Å²) in [5.74, 6) is 2.66. The van der Waals surface area contributed by atoms with Crippen molar-refractivity contribution in [1.82, 2.24) is 0 Å². The van der Waals surface area contributed by atoms with E-state index in [0.717, 1.165) is 17.8 Å². The van der Waals surface area contributed by atoms with Crippen molar-refractivity contribution >= 4 is 22.6 Å². The smallest absolute Gasteiger partial charge is 0.00319 e. The van der Waals surface area contributed by atoms with Crippen LogP contribution in [-0.2, 0) is 0 Å². The molecule has 0 aromatic heterocycles. The van der Waals surface area contributed by atoms with Crippen LogP contribution >= 0.6 is 22.6 Å². The fraction of sp³-hybridized carbons (Fsp3) is 0.800. The van der Waals surface area contributed by atoms with Crippen LogP contribution < -0.4 is 0 Å². The van der Waals surface area contributed by atoms with Crippen molar-refractivity contribution in [1.29, 1.82) is 0 Å². The number of hydrogen-bond acceptors (Lipinski definition) is 0. The first kappa shape index (κ1) is 9.56. The van der Waals surface area contributed by atoms with Crippen LogP contribution in [0.15, 0.2) is 12.2 Å². The maximum atomic E-state index is 4.07. The summed E-state index contributed by atoms with van der Waals surface area (Å²) < 4.78 is 1.30. The molecule has 0 nitrogen and oxygen atoms in total. The van der Waals surface area contributed by atoms with Gasteiger partial charge in [0.25, 0.3) is 0 Å². The summed E-state index contributed by atoms with van der Waals surface area (Å²) in [7, 11) is 0. The molecule has 0 heterocycles. The average Bonchev–Trinajstić information content (AvgIpc) is 2.30. The molecule has 1 heteroatoms. The second-order valence-electron chi connectivity index (χ2n) is 3.83. The Labute approximate surface area is 83.6 Å². The van der Waals surface area contributed by atoms with Gasteiger partial charge in [0.05, 0.1) is 0 Å². The van der Waals surface area contributed by atoms with Gasteiger partial charge in [-0.15, -0.1) is 0 Å². The molecule has 3 atom stereocenters. The van der Waals surface area contributed by atoms with Crippen LogP contribution in [0.1, 0.15) is 26.7 Å². The quantitative estimate of drug-likeness (QED) is 0.405. The molecule has 0 radical (unpaired) electrons. The predicted octanol–water partition coefficient (Wildman–Crippen LogP) is 3.66. The average molecular weight is 264 g/mol. The molecule has 11 heavy (non-hydrogen) atoms. The maximum absolute atomic E-state index is 4.07. The van der Waals surface area contributed by atoms with Gasteiger partial charge < -0.3 is 0 Å². The standard InChI is InChI=1S/C10H17I/c1-7(2)9-5-4-8(3)10(9)6-11/h8-10H,1,4-6H2,2-3H3/t8-,9+,10-/m1/s1. The van der Waals surface area contributed by atoms with Crippen LogP contribution in [0.3, 0.4) is 0 Å². The maximum Gasteiger partial charge on any atom is 0.00319 e. The summed E-state index contributed by atoms with van der Waals surface area (Å²) in [4.78, 5) is 0. The SMILES string of the molecule is C=C(C)[C@@H]1CC[C@@H](C)[C@H]1CI. The van der Waals surface area contributed by atoms with E-state index in [4.69, 9.17) is 0 Å². The summed E-state index contributed by atoms with van der Waals surface area (Å²) in [6, 6.07) is 0. The zero-order chi connectivity index (χ0) is 8.43. The molecule has 0 unspecified atom stereocenters. The highest BCUT2D eigenvalue weighted by Crippen LogP contribution is 2.41. The molecular weight excluding hydrogens is 247 g/mol. The van der Waals surface area contributed by atoms with Crippen LogP contribution in [0.5, 0.6) is 0 Å². The fourth-order valence-electron chi connectivity index (χ4n) is 2.14. The molecule has 0 aliphatic heterocycles. The minimum absolute atomic E-state index is 0.821. The van der Waals surface area contributed by atoms with E-state index in [2.05, 4.69) is 43.0 Å². The van der Waals surface area contributed by atoms with E-state index in [1.165, 1.54) is 22.8 Å². The first-order chi connectivity index (χ1) is 5.16. The van der Waals surface area contributed by atoms with E-state index >= 15 is 0 Å². The van der Waals surface area contributed by atoms with Gasteiger partial charge in [0.15, 0.2) is 0 Å². The molecular formula is C10H17I. The molecule has 64 valence electrons. The lowest BCUT2D eigenvalue weighted by atomic mass is 9.88. The van der Waals surface area contributed by atoms with Gasteiger partial charge in [0, 0.05) is 4.43 Å². The van der Waals surface area contributed by atoms with Crippen LogP contribution in [0, 0.1) is 17.8 Å². The van der Waals surface area contributed by atoms with Crippen LogP contribution in [-0.4, -0.2) is 4.43 Å². The van der Waals surface area contributed by atoms with Crippen LogP contribution in [0.2, 0.25) is 0 Å². The largest absolute Gasteiger partial charge is 0.0998 e. The molecule has 0 N–H and O–H groups in total. The number of alkyl halides is 1.